The molecule has 0 aliphatic heterocycles. The summed E-state index contributed by atoms with van der Waals surface area (Å²) in [5.74, 6) is 0. The molecule has 10 heavy (non-hydrogen) atoms. The van der Waals surface area contributed by atoms with Gasteiger partial charge in [-0.1, -0.05) is 37.6 Å². The Bertz CT molecular complexity index is 114. The van der Waals surface area contributed by atoms with E-state index in [1.54, 1.807) is 0 Å². The van der Waals surface area contributed by atoms with Crippen LogP contribution < -0.4 is 5.73 Å². The number of rotatable bonds is 5. The Morgan fingerprint density at radius 3 is 2.80 bits per heavy atom. The topological polar surface area (TPSA) is 26.0 Å². The van der Waals surface area contributed by atoms with Crippen molar-refractivity contribution in [2.75, 3.05) is 6.54 Å². The highest BCUT2D eigenvalue weighted by Gasteiger charge is 1.83. The molecule has 2 N–H and O–H groups in total. The van der Waals surface area contributed by atoms with Gasteiger partial charge >= 0.3 is 0 Å². The Balaban J connectivity index is 3.36. The summed E-state index contributed by atoms with van der Waals surface area (Å²) in [6.07, 6.45) is 7.48. The molecule has 0 saturated carbocycles. The van der Waals surface area contributed by atoms with Crippen LogP contribution in [0.1, 0.15) is 26.2 Å². The van der Waals surface area contributed by atoms with Crippen LogP contribution in [0, 0.1) is 0 Å². The van der Waals surface area contributed by atoms with Crippen molar-refractivity contribution >= 4 is 0 Å². The van der Waals surface area contributed by atoms with Crippen LogP contribution in [0.2, 0.25) is 0 Å². The van der Waals surface area contributed by atoms with Gasteiger partial charge in [0, 0.05) is 0 Å². The van der Waals surface area contributed by atoms with E-state index in [2.05, 4.69) is 25.7 Å². The molecule has 0 radical (unpaired) electrons. The molecule has 0 aromatic heterocycles. The van der Waals surface area contributed by atoms with Gasteiger partial charge in [-0.05, 0) is 19.4 Å². The average molecular weight is 139 g/mol. The minimum Gasteiger partial charge on any atom is -0.330 e. The van der Waals surface area contributed by atoms with Crippen molar-refractivity contribution in [1.29, 1.82) is 0 Å². The minimum atomic E-state index is 0.704. The van der Waals surface area contributed by atoms with Gasteiger partial charge in [0.25, 0.3) is 0 Å². The van der Waals surface area contributed by atoms with Crippen LogP contribution in [-0.4, -0.2) is 6.54 Å². The second-order valence-corrected chi connectivity index (χ2v) is 2.39. The monoisotopic (exact) mass is 139 g/mol. The molecule has 0 bridgehead atoms. The molecule has 0 rings (SSSR count). The van der Waals surface area contributed by atoms with Crippen LogP contribution in [-0.2, 0) is 0 Å². The smallest absolute Gasteiger partial charge is 0.00369 e. The maximum atomic E-state index is 5.34. The summed E-state index contributed by atoms with van der Waals surface area (Å²) in [6, 6.07) is 0. The predicted molar refractivity (Wildman–Crippen MR) is 46.9 cm³/mol. The van der Waals surface area contributed by atoms with Gasteiger partial charge in [-0.15, -0.1) is 0 Å². The molecule has 1 nitrogen and oxygen atoms in total. The fourth-order valence-corrected chi connectivity index (χ4v) is 0.685. The summed E-state index contributed by atoms with van der Waals surface area (Å²) in [4.78, 5) is 0. The SMILES string of the molecule is C=C(/C=C\CCC)CCN. The van der Waals surface area contributed by atoms with Crippen molar-refractivity contribution in [2.24, 2.45) is 5.73 Å². The Kier molecular flexibility index (Phi) is 6.19. The lowest BCUT2D eigenvalue weighted by atomic mass is 10.2. The molecule has 0 spiro atoms. The molecule has 0 aromatic carbocycles. The lowest BCUT2D eigenvalue weighted by molar-refractivity contribution is 0.946. The van der Waals surface area contributed by atoms with E-state index < -0.39 is 0 Å². The number of nitrogens with two attached hydrogens (primary N) is 1. The Labute approximate surface area is 63.6 Å². The second-order valence-electron chi connectivity index (χ2n) is 2.39. The molecular weight excluding hydrogens is 122 g/mol. The standard InChI is InChI=1S/C9H17N/c1-3-4-5-6-9(2)7-8-10/h5-6H,2-4,7-8,10H2,1H3/b6-5-. The van der Waals surface area contributed by atoms with E-state index in [4.69, 9.17) is 5.73 Å². The van der Waals surface area contributed by atoms with Crippen molar-refractivity contribution < 1.29 is 0 Å². The van der Waals surface area contributed by atoms with Gasteiger partial charge in [0.05, 0.1) is 0 Å². The Morgan fingerprint density at radius 2 is 2.30 bits per heavy atom. The first-order valence-electron chi connectivity index (χ1n) is 3.85. The summed E-state index contributed by atoms with van der Waals surface area (Å²) in [7, 11) is 0. The van der Waals surface area contributed by atoms with Gasteiger partial charge < -0.3 is 5.73 Å². The molecule has 58 valence electrons. The number of hydrogen-bond acceptors (Lipinski definition) is 1. The van der Waals surface area contributed by atoms with Crippen molar-refractivity contribution in [1.82, 2.24) is 0 Å². The Morgan fingerprint density at radius 1 is 1.60 bits per heavy atom. The quantitative estimate of drug-likeness (QED) is 0.581. The molecule has 0 saturated heterocycles. The second kappa shape index (κ2) is 6.56. The summed E-state index contributed by atoms with van der Waals surface area (Å²) in [5.41, 5.74) is 6.47. The zero-order valence-corrected chi connectivity index (χ0v) is 6.77. The van der Waals surface area contributed by atoms with Gasteiger partial charge in [0.15, 0.2) is 0 Å². The lowest BCUT2D eigenvalue weighted by Crippen LogP contribution is -1.98. The van der Waals surface area contributed by atoms with Crippen LogP contribution in [0.5, 0.6) is 0 Å². The fourth-order valence-electron chi connectivity index (χ4n) is 0.685. The van der Waals surface area contributed by atoms with Gasteiger partial charge in [0.1, 0.15) is 0 Å². The zero-order chi connectivity index (χ0) is 7.82. The van der Waals surface area contributed by atoms with E-state index in [1.165, 1.54) is 6.42 Å². The maximum Gasteiger partial charge on any atom is -0.00369 e. The van der Waals surface area contributed by atoms with E-state index in [0.717, 1.165) is 18.4 Å². The third-order valence-corrected chi connectivity index (χ3v) is 1.27. The minimum absolute atomic E-state index is 0.704. The molecule has 0 fully saturated rings. The molecule has 0 atom stereocenters. The summed E-state index contributed by atoms with van der Waals surface area (Å²) < 4.78 is 0. The highest BCUT2D eigenvalue weighted by Crippen LogP contribution is 1.99. The maximum absolute atomic E-state index is 5.34. The van der Waals surface area contributed by atoms with Gasteiger partial charge in [-0.3, -0.25) is 0 Å². The summed E-state index contributed by atoms with van der Waals surface area (Å²) >= 11 is 0. The zero-order valence-electron chi connectivity index (χ0n) is 6.77. The van der Waals surface area contributed by atoms with Gasteiger partial charge in [0.2, 0.25) is 0 Å². The first kappa shape index (κ1) is 9.44. The van der Waals surface area contributed by atoms with E-state index >= 15 is 0 Å². The van der Waals surface area contributed by atoms with Crippen LogP contribution in [0.4, 0.5) is 0 Å². The predicted octanol–water partition coefficient (Wildman–Crippen LogP) is 2.25. The molecule has 0 unspecified atom stereocenters. The number of hydrogen-bond donors (Lipinski definition) is 1. The van der Waals surface area contributed by atoms with Crippen molar-refractivity contribution in [2.45, 2.75) is 26.2 Å². The van der Waals surface area contributed by atoms with Crippen LogP contribution in [0.15, 0.2) is 24.3 Å². The van der Waals surface area contributed by atoms with E-state index in [-0.39, 0.29) is 0 Å². The third kappa shape index (κ3) is 5.57. The first-order chi connectivity index (χ1) is 4.81. The van der Waals surface area contributed by atoms with Crippen molar-refractivity contribution in [3.05, 3.63) is 24.3 Å². The first-order valence-corrected chi connectivity index (χ1v) is 3.85. The molecule has 0 aliphatic carbocycles. The largest absolute Gasteiger partial charge is 0.330 e. The molecule has 0 aliphatic rings. The molecule has 0 amide bonds. The van der Waals surface area contributed by atoms with Gasteiger partial charge in [-0.25, -0.2) is 0 Å². The van der Waals surface area contributed by atoms with E-state index in [9.17, 15) is 0 Å². The fraction of sp³-hybridized carbons (Fsp3) is 0.556. The van der Waals surface area contributed by atoms with Crippen molar-refractivity contribution in [3.63, 3.8) is 0 Å². The van der Waals surface area contributed by atoms with Gasteiger partial charge in [-0.2, -0.15) is 0 Å². The molecule has 1 heteroatoms. The van der Waals surface area contributed by atoms with E-state index in [0.29, 0.717) is 6.54 Å². The van der Waals surface area contributed by atoms with Crippen LogP contribution in [0.25, 0.3) is 0 Å². The van der Waals surface area contributed by atoms with Crippen molar-refractivity contribution in [3.8, 4) is 0 Å². The molecular formula is C9H17N. The highest BCUT2D eigenvalue weighted by atomic mass is 14.5. The summed E-state index contributed by atoms with van der Waals surface area (Å²) in [6.45, 7) is 6.72. The molecule has 0 heterocycles. The Hall–Kier alpha value is -0.560. The highest BCUT2D eigenvalue weighted by molar-refractivity contribution is 5.14. The average Bonchev–Trinajstić information content (AvgIpc) is 1.89. The van der Waals surface area contributed by atoms with E-state index in [1.807, 2.05) is 0 Å². The number of unbranched alkanes of at least 4 members (excludes halogenated alkanes) is 1. The van der Waals surface area contributed by atoms with Crippen LogP contribution in [0.3, 0.4) is 0 Å². The third-order valence-electron chi connectivity index (χ3n) is 1.27. The normalized spacial score (nSPS) is 10.6. The van der Waals surface area contributed by atoms with Crippen LogP contribution >= 0.6 is 0 Å². The summed E-state index contributed by atoms with van der Waals surface area (Å²) in [5, 5.41) is 0. The lowest BCUT2D eigenvalue weighted by Gasteiger charge is -1.93. The molecule has 0 aromatic rings. The number of allylic oxidation sites excluding steroid dienone is 2.